The van der Waals surface area contributed by atoms with E-state index >= 15 is 0 Å². The van der Waals surface area contributed by atoms with Gasteiger partial charge >= 0.3 is 0 Å². The van der Waals surface area contributed by atoms with Crippen molar-refractivity contribution in [2.45, 2.75) is 46.1 Å². The third-order valence-corrected chi connectivity index (χ3v) is 4.05. The number of hydrogen-bond donors (Lipinski definition) is 1. The van der Waals surface area contributed by atoms with Gasteiger partial charge in [0.25, 0.3) is 0 Å². The minimum Gasteiger partial charge on any atom is -0.353 e. The molecule has 1 amide bonds. The average Bonchev–Trinajstić information content (AvgIpc) is 2.50. The Bertz CT molecular complexity index is 619. The second kappa shape index (κ2) is 7.79. The van der Waals surface area contributed by atoms with Crippen molar-refractivity contribution in [2.75, 3.05) is 0 Å². The minimum absolute atomic E-state index is 0.101. The van der Waals surface area contributed by atoms with Gasteiger partial charge in [-0.25, -0.2) is 0 Å². The molecule has 1 atom stereocenters. The average molecular weight is 295 g/mol. The van der Waals surface area contributed by atoms with Crippen LogP contribution in [-0.2, 0) is 17.6 Å². The Kier molecular flexibility index (Phi) is 5.76. The first-order valence-electron chi connectivity index (χ1n) is 7.94. The predicted octanol–water partition coefficient (Wildman–Crippen LogP) is 3.98. The number of aryl methyl sites for hydroxylation is 3. The first-order chi connectivity index (χ1) is 10.5. The van der Waals surface area contributed by atoms with Crippen LogP contribution >= 0.6 is 0 Å². The number of amides is 1. The fourth-order valence-electron chi connectivity index (χ4n) is 2.52. The molecule has 0 aliphatic heterocycles. The summed E-state index contributed by atoms with van der Waals surface area (Å²) in [6.07, 6.45) is 2.41. The van der Waals surface area contributed by atoms with E-state index in [1.807, 2.05) is 12.1 Å². The Balaban J connectivity index is 1.79. The van der Waals surface area contributed by atoms with E-state index in [-0.39, 0.29) is 11.9 Å². The highest BCUT2D eigenvalue weighted by Gasteiger charge is 2.09. The Labute approximate surface area is 133 Å². The van der Waals surface area contributed by atoms with Crippen LogP contribution < -0.4 is 5.32 Å². The highest BCUT2D eigenvalue weighted by atomic mass is 16.1. The van der Waals surface area contributed by atoms with Crippen LogP contribution in [0.5, 0.6) is 0 Å². The molecule has 2 rings (SSSR count). The van der Waals surface area contributed by atoms with Crippen molar-refractivity contribution in [3.63, 3.8) is 0 Å². The van der Waals surface area contributed by atoms with E-state index in [1.54, 1.807) is 0 Å². The molecule has 0 aliphatic carbocycles. The SMILES string of the molecule is Cc1ccc(CC(=O)NC(C)CCc2ccccc2)cc1C. The zero-order valence-electron chi connectivity index (χ0n) is 13.7. The number of rotatable bonds is 6. The summed E-state index contributed by atoms with van der Waals surface area (Å²) in [6.45, 7) is 6.24. The number of carbonyl (C=O) groups excluding carboxylic acids is 1. The van der Waals surface area contributed by atoms with Crippen LogP contribution in [0, 0.1) is 13.8 Å². The normalized spacial score (nSPS) is 12.0. The maximum absolute atomic E-state index is 12.1. The summed E-state index contributed by atoms with van der Waals surface area (Å²) in [7, 11) is 0. The van der Waals surface area contributed by atoms with E-state index in [9.17, 15) is 4.79 Å². The zero-order chi connectivity index (χ0) is 15.9. The fourth-order valence-corrected chi connectivity index (χ4v) is 2.52. The largest absolute Gasteiger partial charge is 0.353 e. The van der Waals surface area contributed by atoms with Gasteiger partial charge in [-0.05, 0) is 55.9 Å². The second-order valence-corrected chi connectivity index (χ2v) is 6.09. The van der Waals surface area contributed by atoms with Gasteiger partial charge in [0.1, 0.15) is 0 Å². The van der Waals surface area contributed by atoms with Gasteiger partial charge in [-0.1, -0.05) is 48.5 Å². The van der Waals surface area contributed by atoms with E-state index in [1.165, 1.54) is 16.7 Å². The summed E-state index contributed by atoms with van der Waals surface area (Å²) in [5, 5.41) is 3.09. The first-order valence-corrected chi connectivity index (χ1v) is 7.94. The van der Waals surface area contributed by atoms with E-state index in [0.717, 1.165) is 18.4 Å². The zero-order valence-corrected chi connectivity index (χ0v) is 13.7. The third-order valence-electron chi connectivity index (χ3n) is 4.05. The van der Waals surface area contributed by atoms with Crippen LogP contribution in [0.25, 0.3) is 0 Å². The summed E-state index contributed by atoms with van der Waals surface area (Å²) in [4.78, 5) is 12.1. The molecule has 0 radical (unpaired) electrons. The Morgan fingerprint density at radius 1 is 1.00 bits per heavy atom. The van der Waals surface area contributed by atoms with Crippen LogP contribution in [0.2, 0.25) is 0 Å². The maximum Gasteiger partial charge on any atom is 0.224 e. The van der Waals surface area contributed by atoms with Gasteiger partial charge in [0.2, 0.25) is 5.91 Å². The molecular weight excluding hydrogens is 270 g/mol. The fraction of sp³-hybridized carbons (Fsp3) is 0.350. The van der Waals surface area contributed by atoms with Crippen LogP contribution in [0.3, 0.4) is 0 Å². The van der Waals surface area contributed by atoms with E-state index in [0.29, 0.717) is 6.42 Å². The molecule has 1 unspecified atom stereocenters. The molecule has 0 bridgehead atoms. The highest BCUT2D eigenvalue weighted by Crippen LogP contribution is 2.11. The summed E-state index contributed by atoms with van der Waals surface area (Å²) < 4.78 is 0. The summed E-state index contributed by atoms with van der Waals surface area (Å²) in [6, 6.07) is 16.8. The quantitative estimate of drug-likeness (QED) is 0.858. The molecule has 0 aliphatic rings. The summed E-state index contributed by atoms with van der Waals surface area (Å²) in [5.41, 5.74) is 4.90. The van der Waals surface area contributed by atoms with Gasteiger partial charge < -0.3 is 5.32 Å². The Morgan fingerprint density at radius 2 is 1.73 bits per heavy atom. The maximum atomic E-state index is 12.1. The molecule has 2 heteroatoms. The van der Waals surface area contributed by atoms with Crippen LogP contribution in [-0.4, -0.2) is 11.9 Å². The van der Waals surface area contributed by atoms with Gasteiger partial charge in [-0.2, -0.15) is 0 Å². The van der Waals surface area contributed by atoms with Crippen LogP contribution in [0.15, 0.2) is 48.5 Å². The van der Waals surface area contributed by atoms with Crippen molar-refractivity contribution >= 4 is 5.91 Å². The molecular formula is C20H25NO. The molecule has 1 N–H and O–H groups in total. The van der Waals surface area contributed by atoms with Crippen molar-refractivity contribution in [3.8, 4) is 0 Å². The number of benzene rings is 2. The molecule has 0 spiro atoms. The number of hydrogen-bond acceptors (Lipinski definition) is 1. The van der Waals surface area contributed by atoms with E-state index in [4.69, 9.17) is 0 Å². The van der Waals surface area contributed by atoms with Crippen molar-refractivity contribution in [1.82, 2.24) is 5.32 Å². The van der Waals surface area contributed by atoms with Crippen molar-refractivity contribution in [3.05, 3.63) is 70.8 Å². The van der Waals surface area contributed by atoms with Gasteiger partial charge in [-0.15, -0.1) is 0 Å². The minimum atomic E-state index is 0.101. The summed E-state index contributed by atoms with van der Waals surface area (Å²) >= 11 is 0. The smallest absolute Gasteiger partial charge is 0.224 e. The number of nitrogens with one attached hydrogen (secondary N) is 1. The standard InChI is InChI=1S/C20H25NO/c1-15-9-11-19(13-16(15)2)14-20(22)21-17(3)10-12-18-7-5-4-6-8-18/h4-9,11,13,17H,10,12,14H2,1-3H3,(H,21,22). The molecule has 116 valence electrons. The molecule has 22 heavy (non-hydrogen) atoms. The van der Waals surface area contributed by atoms with Gasteiger partial charge in [0.15, 0.2) is 0 Å². The van der Waals surface area contributed by atoms with E-state index < -0.39 is 0 Å². The lowest BCUT2D eigenvalue weighted by Gasteiger charge is -2.14. The van der Waals surface area contributed by atoms with E-state index in [2.05, 4.69) is 62.5 Å². The van der Waals surface area contributed by atoms with Crippen molar-refractivity contribution in [1.29, 1.82) is 0 Å². The van der Waals surface area contributed by atoms with Gasteiger partial charge in [0, 0.05) is 6.04 Å². The second-order valence-electron chi connectivity index (χ2n) is 6.09. The lowest BCUT2D eigenvalue weighted by Crippen LogP contribution is -2.34. The third kappa shape index (κ3) is 5.03. The topological polar surface area (TPSA) is 29.1 Å². The van der Waals surface area contributed by atoms with Crippen molar-refractivity contribution < 1.29 is 4.79 Å². The van der Waals surface area contributed by atoms with Crippen molar-refractivity contribution in [2.24, 2.45) is 0 Å². The molecule has 2 nitrogen and oxygen atoms in total. The Hall–Kier alpha value is -2.09. The highest BCUT2D eigenvalue weighted by molar-refractivity contribution is 5.78. The molecule has 2 aromatic rings. The molecule has 0 fully saturated rings. The first kappa shape index (κ1) is 16.3. The molecule has 0 aromatic heterocycles. The molecule has 2 aromatic carbocycles. The van der Waals surface area contributed by atoms with Gasteiger partial charge in [0.05, 0.1) is 6.42 Å². The van der Waals surface area contributed by atoms with Gasteiger partial charge in [-0.3, -0.25) is 4.79 Å². The predicted molar refractivity (Wildman–Crippen MR) is 92.0 cm³/mol. The molecule has 0 heterocycles. The number of carbonyl (C=O) groups is 1. The molecule has 0 saturated heterocycles. The Morgan fingerprint density at radius 3 is 2.41 bits per heavy atom. The monoisotopic (exact) mass is 295 g/mol. The molecule has 0 saturated carbocycles. The lowest BCUT2D eigenvalue weighted by atomic mass is 10.0. The lowest BCUT2D eigenvalue weighted by molar-refractivity contribution is -0.121. The van der Waals surface area contributed by atoms with Crippen LogP contribution in [0.1, 0.15) is 35.6 Å². The summed E-state index contributed by atoms with van der Waals surface area (Å²) in [5.74, 6) is 0.101. The van der Waals surface area contributed by atoms with Crippen LogP contribution in [0.4, 0.5) is 0 Å².